The van der Waals surface area contributed by atoms with Gasteiger partial charge in [-0.1, -0.05) is 0 Å². The van der Waals surface area contributed by atoms with Gasteiger partial charge in [0.15, 0.2) is 0 Å². The molecule has 0 atom stereocenters. The standard InChI is InChI=1S/C14H20N2O4/c1-3-16(10-14(18)19-2)13(17)8-9-20-12-6-4-11(15)5-7-12/h4-7H,3,8-10,15H2,1-2H3. The zero-order valence-electron chi connectivity index (χ0n) is 11.8. The summed E-state index contributed by atoms with van der Waals surface area (Å²) >= 11 is 0. The van der Waals surface area contributed by atoms with Crippen molar-refractivity contribution in [1.29, 1.82) is 0 Å². The Labute approximate surface area is 118 Å². The average molecular weight is 280 g/mol. The van der Waals surface area contributed by atoms with E-state index < -0.39 is 5.97 Å². The Hall–Kier alpha value is -2.24. The minimum Gasteiger partial charge on any atom is -0.493 e. The highest BCUT2D eigenvalue weighted by Crippen LogP contribution is 2.13. The molecule has 0 bridgehead atoms. The molecule has 0 fully saturated rings. The fourth-order valence-corrected chi connectivity index (χ4v) is 1.58. The number of ether oxygens (including phenoxy) is 2. The number of esters is 1. The van der Waals surface area contributed by atoms with Gasteiger partial charge in [-0.15, -0.1) is 0 Å². The number of benzene rings is 1. The van der Waals surface area contributed by atoms with Crippen LogP contribution in [0.1, 0.15) is 13.3 Å². The average Bonchev–Trinajstić information content (AvgIpc) is 2.46. The van der Waals surface area contributed by atoms with Crippen LogP contribution in [0.4, 0.5) is 5.69 Å². The lowest BCUT2D eigenvalue weighted by molar-refractivity contribution is -0.147. The first-order valence-electron chi connectivity index (χ1n) is 6.39. The first-order valence-corrected chi connectivity index (χ1v) is 6.39. The van der Waals surface area contributed by atoms with Gasteiger partial charge in [0.2, 0.25) is 5.91 Å². The van der Waals surface area contributed by atoms with Gasteiger partial charge in [0, 0.05) is 12.2 Å². The van der Waals surface area contributed by atoms with Crippen molar-refractivity contribution in [1.82, 2.24) is 4.90 Å². The van der Waals surface area contributed by atoms with Gasteiger partial charge in [-0.2, -0.15) is 0 Å². The van der Waals surface area contributed by atoms with Crippen molar-refractivity contribution >= 4 is 17.6 Å². The highest BCUT2D eigenvalue weighted by atomic mass is 16.5. The normalized spacial score (nSPS) is 9.90. The maximum atomic E-state index is 11.9. The largest absolute Gasteiger partial charge is 0.493 e. The van der Waals surface area contributed by atoms with E-state index in [4.69, 9.17) is 10.5 Å². The van der Waals surface area contributed by atoms with E-state index in [-0.39, 0.29) is 25.5 Å². The predicted octanol–water partition coefficient (Wildman–Crippen LogP) is 1.06. The molecular weight excluding hydrogens is 260 g/mol. The Bertz CT molecular complexity index is 445. The van der Waals surface area contributed by atoms with Crippen LogP contribution in [0.2, 0.25) is 0 Å². The minimum atomic E-state index is -0.431. The van der Waals surface area contributed by atoms with Crippen LogP contribution in [0.3, 0.4) is 0 Å². The second-order valence-electron chi connectivity index (χ2n) is 4.15. The van der Waals surface area contributed by atoms with Crippen molar-refractivity contribution in [2.75, 3.05) is 32.5 Å². The fourth-order valence-electron chi connectivity index (χ4n) is 1.58. The molecule has 0 heterocycles. The number of nitrogens with two attached hydrogens (primary N) is 1. The Morgan fingerprint density at radius 2 is 1.90 bits per heavy atom. The molecule has 0 aliphatic rings. The number of nitrogen functional groups attached to an aromatic ring is 1. The van der Waals surface area contributed by atoms with Crippen LogP contribution < -0.4 is 10.5 Å². The number of hydrogen-bond donors (Lipinski definition) is 1. The molecule has 1 amide bonds. The van der Waals surface area contributed by atoms with Crippen LogP contribution >= 0.6 is 0 Å². The molecule has 0 saturated carbocycles. The monoisotopic (exact) mass is 280 g/mol. The molecule has 0 unspecified atom stereocenters. The molecule has 6 nitrogen and oxygen atoms in total. The van der Waals surface area contributed by atoms with E-state index in [0.29, 0.717) is 18.0 Å². The van der Waals surface area contributed by atoms with Crippen LogP contribution in [0, 0.1) is 0 Å². The molecule has 1 rings (SSSR count). The maximum Gasteiger partial charge on any atom is 0.325 e. The Morgan fingerprint density at radius 3 is 2.45 bits per heavy atom. The topological polar surface area (TPSA) is 81.9 Å². The summed E-state index contributed by atoms with van der Waals surface area (Å²) in [6.45, 7) is 2.48. The molecule has 110 valence electrons. The van der Waals surface area contributed by atoms with Gasteiger partial charge in [0.05, 0.1) is 20.1 Å². The first kappa shape index (κ1) is 15.8. The zero-order valence-corrected chi connectivity index (χ0v) is 11.8. The quantitative estimate of drug-likeness (QED) is 0.596. The highest BCUT2D eigenvalue weighted by molar-refractivity contribution is 5.82. The summed E-state index contributed by atoms with van der Waals surface area (Å²) in [5, 5.41) is 0. The molecule has 2 N–H and O–H groups in total. The third kappa shape index (κ3) is 5.17. The summed E-state index contributed by atoms with van der Waals surface area (Å²) in [6, 6.07) is 6.94. The second kappa shape index (κ2) is 8.04. The number of rotatable bonds is 7. The van der Waals surface area contributed by atoms with Crippen molar-refractivity contribution < 1.29 is 19.1 Å². The van der Waals surface area contributed by atoms with Crippen molar-refractivity contribution in [2.45, 2.75) is 13.3 Å². The van der Waals surface area contributed by atoms with Crippen LogP contribution in [0.25, 0.3) is 0 Å². The number of carbonyl (C=O) groups excluding carboxylic acids is 2. The lowest BCUT2D eigenvalue weighted by Crippen LogP contribution is -2.36. The molecule has 0 aliphatic carbocycles. The molecule has 1 aromatic carbocycles. The predicted molar refractivity (Wildman–Crippen MR) is 75.2 cm³/mol. The highest BCUT2D eigenvalue weighted by Gasteiger charge is 2.15. The Balaban J connectivity index is 2.37. The number of nitrogens with zero attached hydrogens (tertiary/aromatic N) is 1. The van der Waals surface area contributed by atoms with Gasteiger partial charge in [0.1, 0.15) is 12.3 Å². The molecule has 0 saturated heterocycles. The smallest absolute Gasteiger partial charge is 0.325 e. The van der Waals surface area contributed by atoms with E-state index in [1.807, 2.05) is 6.92 Å². The molecule has 0 radical (unpaired) electrons. The lowest BCUT2D eigenvalue weighted by atomic mass is 10.3. The van der Waals surface area contributed by atoms with E-state index in [0.717, 1.165) is 0 Å². The van der Waals surface area contributed by atoms with Gasteiger partial charge in [-0.25, -0.2) is 0 Å². The van der Waals surface area contributed by atoms with E-state index in [1.165, 1.54) is 12.0 Å². The number of anilines is 1. The molecule has 6 heteroatoms. The van der Waals surface area contributed by atoms with Crippen LogP contribution in [-0.2, 0) is 14.3 Å². The number of likely N-dealkylation sites (N-methyl/N-ethyl adjacent to an activating group) is 1. The molecule has 20 heavy (non-hydrogen) atoms. The number of carbonyl (C=O) groups is 2. The maximum absolute atomic E-state index is 11.9. The lowest BCUT2D eigenvalue weighted by Gasteiger charge is -2.19. The van der Waals surface area contributed by atoms with Crippen molar-refractivity contribution in [3.8, 4) is 5.75 Å². The molecule has 0 aromatic heterocycles. The summed E-state index contributed by atoms with van der Waals surface area (Å²) in [6.07, 6.45) is 0.204. The Kier molecular flexibility index (Phi) is 6.36. The summed E-state index contributed by atoms with van der Waals surface area (Å²) in [5.41, 5.74) is 6.22. The van der Waals surface area contributed by atoms with Crippen molar-refractivity contribution in [2.24, 2.45) is 0 Å². The second-order valence-corrected chi connectivity index (χ2v) is 4.15. The molecular formula is C14H20N2O4. The third-order valence-electron chi connectivity index (χ3n) is 2.75. The number of hydrogen-bond acceptors (Lipinski definition) is 5. The van der Waals surface area contributed by atoms with Crippen molar-refractivity contribution in [3.05, 3.63) is 24.3 Å². The van der Waals surface area contributed by atoms with Crippen molar-refractivity contribution in [3.63, 3.8) is 0 Å². The third-order valence-corrected chi connectivity index (χ3v) is 2.75. The van der Waals surface area contributed by atoms with E-state index >= 15 is 0 Å². The zero-order chi connectivity index (χ0) is 15.0. The van der Waals surface area contributed by atoms with Crippen LogP contribution in [0.15, 0.2) is 24.3 Å². The number of amides is 1. The summed E-state index contributed by atoms with van der Waals surface area (Å²) < 4.78 is 9.98. The van der Waals surface area contributed by atoms with E-state index in [2.05, 4.69) is 4.74 Å². The molecule has 0 spiro atoms. The van der Waals surface area contributed by atoms with Crippen LogP contribution in [-0.4, -0.2) is 43.6 Å². The Morgan fingerprint density at radius 1 is 1.25 bits per heavy atom. The SMILES string of the molecule is CCN(CC(=O)OC)C(=O)CCOc1ccc(N)cc1. The molecule has 0 aliphatic heterocycles. The first-order chi connectivity index (χ1) is 9.56. The summed E-state index contributed by atoms with van der Waals surface area (Å²) in [4.78, 5) is 24.5. The van der Waals surface area contributed by atoms with Gasteiger partial charge < -0.3 is 20.1 Å². The minimum absolute atomic E-state index is 0.0340. The summed E-state index contributed by atoms with van der Waals surface area (Å²) in [7, 11) is 1.30. The van der Waals surface area contributed by atoms with Gasteiger partial charge >= 0.3 is 5.97 Å². The van der Waals surface area contributed by atoms with Gasteiger partial charge in [-0.05, 0) is 31.2 Å². The summed E-state index contributed by atoms with van der Waals surface area (Å²) in [5.74, 6) is 0.0796. The van der Waals surface area contributed by atoms with Gasteiger partial charge in [0.25, 0.3) is 0 Å². The van der Waals surface area contributed by atoms with Gasteiger partial charge in [-0.3, -0.25) is 9.59 Å². The van der Waals surface area contributed by atoms with E-state index in [9.17, 15) is 9.59 Å². The number of methoxy groups -OCH3 is 1. The fraction of sp³-hybridized carbons (Fsp3) is 0.429. The molecule has 1 aromatic rings. The van der Waals surface area contributed by atoms with E-state index in [1.54, 1.807) is 24.3 Å². The van der Waals surface area contributed by atoms with Crippen LogP contribution in [0.5, 0.6) is 5.75 Å².